The van der Waals surface area contributed by atoms with Gasteiger partial charge in [-0.3, -0.25) is 4.68 Å². The fourth-order valence-corrected chi connectivity index (χ4v) is 3.22. The van der Waals surface area contributed by atoms with E-state index in [1.165, 1.54) is 11.3 Å². The fourth-order valence-electron chi connectivity index (χ4n) is 1.57. The summed E-state index contributed by atoms with van der Waals surface area (Å²) < 4.78 is 3.25. The van der Waals surface area contributed by atoms with Crippen LogP contribution in [-0.4, -0.2) is 9.78 Å². The lowest BCUT2D eigenvalue weighted by atomic mass is 10.2. The lowest BCUT2D eigenvalue weighted by molar-refractivity contribution is 0.563. The minimum atomic E-state index is 0.160. The summed E-state index contributed by atoms with van der Waals surface area (Å²) in [6.07, 6.45) is 1.93. The van der Waals surface area contributed by atoms with Crippen LogP contribution in [0, 0.1) is 0 Å². The van der Waals surface area contributed by atoms with Crippen molar-refractivity contribution in [2.45, 2.75) is 19.5 Å². The fraction of sp³-hybridized carbons (Fsp3) is 0.364. The molecule has 1 N–H and O–H groups in total. The molecular formula is C11H13Cl2N3S. The van der Waals surface area contributed by atoms with Gasteiger partial charge in [0.05, 0.1) is 14.4 Å². The first kappa shape index (κ1) is 12.9. The standard InChI is InChI=1S/C11H13Cl2N3S/c1-7(9-5-10(12)17-11(9)13)14-6-8-3-4-16(2)15-8/h3-5,7,14H,6H2,1-2H3. The van der Waals surface area contributed by atoms with Gasteiger partial charge in [0.2, 0.25) is 0 Å². The van der Waals surface area contributed by atoms with Crippen LogP contribution in [0.2, 0.25) is 8.67 Å². The highest BCUT2D eigenvalue weighted by molar-refractivity contribution is 7.20. The Bertz CT molecular complexity index is 507. The first-order valence-corrected chi connectivity index (χ1v) is 6.80. The molecule has 0 saturated carbocycles. The molecule has 1 unspecified atom stereocenters. The Kier molecular flexibility index (Phi) is 4.09. The molecule has 0 saturated heterocycles. The predicted octanol–water partition coefficient (Wildman–Crippen LogP) is 3.64. The lowest BCUT2D eigenvalue weighted by Crippen LogP contribution is -2.18. The van der Waals surface area contributed by atoms with Gasteiger partial charge in [-0.05, 0) is 24.6 Å². The van der Waals surface area contributed by atoms with Gasteiger partial charge in [0, 0.05) is 25.8 Å². The van der Waals surface area contributed by atoms with E-state index in [-0.39, 0.29) is 6.04 Å². The van der Waals surface area contributed by atoms with Gasteiger partial charge < -0.3 is 5.32 Å². The molecule has 0 aliphatic carbocycles. The third kappa shape index (κ3) is 3.22. The molecule has 0 aliphatic rings. The lowest BCUT2D eigenvalue weighted by Gasteiger charge is -2.11. The second kappa shape index (κ2) is 5.40. The van der Waals surface area contributed by atoms with Gasteiger partial charge in [-0.1, -0.05) is 23.2 Å². The molecule has 3 nitrogen and oxygen atoms in total. The zero-order valence-electron chi connectivity index (χ0n) is 9.58. The quantitative estimate of drug-likeness (QED) is 0.931. The summed E-state index contributed by atoms with van der Waals surface area (Å²) in [7, 11) is 1.91. The van der Waals surface area contributed by atoms with Crippen LogP contribution in [0.15, 0.2) is 18.3 Å². The van der Waals surface area contributed by atoms with Crippen molar-refractivity contribution in [3.63, 3.8) is 0 Å². The van der Waals surface area contributed by atoms with E-state index in [4.69, 9.17) is 23.2 Å². The van der Waals surface area contributed by atoms with Crippen LogP contribution in [0.4, 0.5) is 0 Å². The molecule has 2 rings (SSSR count). The number of thiophene rings is 1. The van der Waals surface area contributed by atoms with E-state index in [2.05, 4.69) is 17.3 Å². The van der Waals surface area contributed by atoms with Crippen molar-refractivity contribution in [3.8, 4) is 0 Å². The van der Waals surface area contributed by atoms with Gasteiger partial charge in [-0.15, -0.1) is 11.3 Å². The maximum atomic E-state index is 6.10. The molecule has 0 radical (unpaired) electrons. The molecule has 0 aliphatic heterocycles. The molecule has 0 amide bonds. The normalized spacial score (nSPS) is 12.9. The Balaban J connectivity index is 1.97. The highest BCUT2D eigenvalue weighted by Crippen LogP contribution is 2.34. The second-order valence-corrected chi connectivity index (χ2v) is 6.15. The Morgan fingerprint density at radius 3 is 2.82 bits per heavy atom. The van der Waals surface area contributed by atoms with Crippen molar-refractivity contribution >= 4 is 34.5 Å². The summed E-state index contributed by atoms with van der Waals surface area (Å²) in [5.41, 5.74) is 2.05. The summed E-state index contributed by atoms with van der Waals surface area (Å²) in [4.78, 5) is 0. The zero-order valence-corrected chi connectivity index (χ0v) is 11.9. The average Bonchev–Trinajstić information content (AvgIpc) is 2.81. The van der Waals surface area contributed by atoms with Crippen molar-refractivity contribution < 1.29 is 0 Å². The van der Waals surface area contributed by atoms with Crippen molar-refractivity contribution in [2.24, 2.45) is 7.05 Å². The van der Waals surface area contributed by atoms with E-state index >= 15 is 0 Å². The Morgan fingerprint density at radius 1 is 1.53 bits per heavy atom. The van der Waals surface area contributed by atoms with Gasteiger partial charge in [-0.2, -0.15) is 5.10 Å². The number of rotatable bonds is 4. The molecule has 0 fully saturated rings. The minimum Gasteiger partial charge on any atom is -0.304 e. The molecule has 92 valence electrons. The predicted molar refractivity (Wildman–Crippen MR) is 72.8 cm³/mol. The summed E-state index contributed by atoms with van der Waals surface area (Å²) >= 11 is 13.4. The SMILES string of the molecule is CC(NCc1ccn(C)n1)c1cc(Cl)sc1Cl. The smallest absolute Gasteiger partial charge is 0.0991 e. The van der Waals surface area contributed by atoms with E-state index in [1.807, 2.05) is 25.4 Å². The van der Waals surface area contributed by atoms with Crippen LogP contribution in [0.1, 0.15) is 24.2 Å². The maximum absolute atomic E-state index is 6.10. The number of hydrogen-bond donors (Lipinski definition) is 1. The molecule has 0 bridgehead atoms. The van der Waals surface area contributed by atoms with E-state index in [9.17, 15) is 0 Å². The largest absolute Gasteiger partial charge is 0.304 e. The molecule has 2 heterocycles. The molecule has 0 spiro atoms. The van der Waals surface area contributed by atoms with Crippen LogP contribution in [0.5, 0.6) is 0 Å². The van der Waals surface area contributed by atoms with Gasteiger partial charge >= 0.3 is 0 Å². The molecule has 2 aromatic heterocycles. The minimum absolute atomic E-state index is 0.160. The van der Waals surface area contributed by atoms with Crippen molar-refractivity contribution in [2.75, 3.05) is 0 Å². The number of halogens is 2. The second-order valence-electron chi connectivity index (χ2n) is 3.86. The number of aryl methyl sites for hydroxylation is 1. The third-order valence-electron chi connectivity index (χ3n) is 2.51. The monoisotopic (exact) mass is 289 g/mol. The van der Waals surface area contributed by atoms with Gasteiger partial charge in [0.25, 0.3) is 0 Å². The Hall–Kier alpha value is -0.550. The highest BCUT2D eigenvalue weighted by atomic mass is 35.5. The molecule has 17 heavy (non-hydrogen) atoms. The number of nitrogens with zero attached hydrogens (tertiary/aromatic N) is 2. The van der Waals surface area contributed by atoms with Gasteiger partial charge in [-0.25, -0.2) is 0 Å². The van der Waals surface area contributed by atoms with Crippen LogP contribution in [0.3, 0.4) is 0 Å². The zero-order chi connectivity index (χ0) is 12.4. The van der Waals surface area contributed by atoms with E-state index in [0.29, 0.717) is 6.54 Å². The van der Waals surface area contributed by atoms with Gasteiger partial charge in [0.15, 0.2) is 0 Å². The average molecular weight is 290 g/mol. The summed E-state index contributed by atoms with van der Waals surface area (Å²) in [6.45, 7) is 2.78. The Labute approximate surface area is 114 Å². The molecular weight excluding hydrogens is 277 g/mol. The van der Waals surface area contributed by atoms with Crippen molar-refractivity contribution in [1.29, 1.82) is 0 Å². The molecule has 0 aromatic carbocycles. The van der Waals surface area contributed by atoms with Crippen molar-refractivity contribution in [1.82, 2.24) is 15.1 Å². The van der Waals surface area contributed by atoms with Crippen LogP contribution in [-0.2, 0) is 13.6 Å². The van der Waals surface area contributed by atoms with Gasteiger partial charge in [0.1, 0.15) is 0 Å². The number of aromatic nitrogens is 2. The highest BCUT2D eigenvalue weighted by Gasteiger charge is 2.13. The maximum Gasteiger partial charge on any atom is 0.0991 e. The van der Waals surface area contributed by atoms with E-state index in [1.54, 1.807) is 4.68 Å². The first-order valence-electron chi connectivity index (χ1n) is 5.23. The third-order valence-corrected chi connectivity index (χ3v) is 4.03. The molecule has 1 atom stereocenters. The number of nitrogens with one attached hydrogen (secondary N) is 1. The van der Waals surface area contributed by atoms with E-state index < -0.39 is 0 Å². The number of hydrogen-bond acceptors (Lipinski definition) is 3. The first-order chi connectivity index (χ1) is 8.06. The molecule has 2 aromatic rings. The van der Waals surface area contributed by atoms with Crippen LogP contribution in [0.25, 0.3) is 0 Å². The van der Waals surface area contributed by atoms with Crippen LogP contribution >= 0.6 is 34.5 Å². The van der Waals surface area contributed by atoms with E-state index in [0.717, 1.165) is 19.9 Å². The summed E-state index contributed by atoms with van der Waals surface area (Å²) in [6, 6.07) is 4.06. The summed E-state index contributed by atoms with van der Waals surface area (Å²) in [5.74, 6) is 0. The Morgan fingerprint density at radius 2 is 2.29 bits per heavy atom. The topological polar surface area (TPSA) is 29.9 Å². The summed E-state index contributed by atoms with van der Waals surface area (Å²) in [5, 5.41) is 7.67. The molecule has 6 heteroatoms. The van der Waals surface area contributed by atoms with Crippen LogP contribution < -0.4 is 5.32 Å². The van der Waals surface area contributed by atoms with Crippen molar-refractivity contribution in [3.05, 3.63) is 38.3 Å².